The molecule has 1 aliphatic heterocycles. The molecule has 1 atom stereocenters. The largest absolute Gasteiger partial charge is 0.469 e. The van der Waals surface area contributed by atoms with Crippen molar-refractivity contribution in [1.82, 2.24) is 5.32 Å². The Kier molecular flexibility index (Phi) is 3.80. The first-order valence-electron chi connectivity index (χ1n) is 4.71. The quantitative estimate of drug-likeness (QED) is 0.691. The van der Waals surface area contributed by atoms with Gasteiger partial charge in [-0.25, -0.2) is 8.78 Å². The number of alkyl halides is 2. The second kappa shape index (κ2) is 4.68. The smallest absolute Gasteiger partial charge is 0.306 e. The molecule has 0 aromatic heterocycles. The van der Waals surface area contributed by atoms with E-state index in [0.29, 0.717) is 19.5 Å². The van der Waals surface area contributed by atoms with Gasteiger partial charge in [-0.2, -0.15) is 0 Å². The molecular weight excluding hydrogens is 192 g/mol. The fourth-order valence-corrected chi connectivity index (χ4v) is 1.61. The van der Waals surface area contributed by atoms with Crippen LogP contribution in [-0.4, -0.2) is 32.1 Å². The fourth-order valence-electron chi connectivity index (χ4n) is 1.61. The number of carbonyl (C=O) groups is 1. The van der Waals surface area contributed by atoms with Gasteiger partial charge in [-0.05, 0) is 13.0 Å². The highest BCUT2D eigenvalue weighted by atomic mass is 19.3. The van der Waals surface area contributed by atoms with Crippen LogP contribution < -0.4 is 5.32 Å². The Labute approximate surface area is 81.8 Å². The van der Waals surface area contributed by atoms with Crippen LogP contribution in [0.25, 0.3) is 0 Å². The third kappa shape index (κ3) is 2.90. The maximum atomic E-state index is 13.4. The predicted octanol–water partition coefficient (Wildman–Crippen LogP) is 1.18. The number of halogens is 2. The molecule has 82 valence electrons. The zero-order valence-electron chi connectivity index (χ0n) is 8.19. The summed E-state index contributed by atoms with van der Waals surface area (Å²) in [5.41, 5.74) is 0. The van der Waals surface area contributed by atoms with Crippen molar-refractivity contribution in [2.24, 2.45) is 5.92 Å². The van der Waals surface area contributed by atoms with Crippen molar-refractivity contribution in [3.63, 3.8) is 0 Å². The second-order valence-electron chi connectivity index (χ2n) is 3.53. The van der Waals surface area contributed by atoms with E-state index in [9.17, 15) is 13.6 Å². The van der Waals surface area contributed by atoms with Gasteiger partial charge < -0.3 is 10.1 Å². The van der Waals surface area contributed by atoms with Crippen LogP contribution in [0.2, 0.25) is 0 Å². The average molecular weight is 207 g/mol. The zero-order chi connectivity index (χ0) is 10.6. The van der Waals surface area contributed by atoms with Crippen LogP contribution in [0.3, 0.4) is 0 Å². The van der Waals surface area contributed by atoms with Crippen molar-refractivity contribution in [2.45, 2.75) is 25.2 Å². The number of rotatable bonds is 2. The van der Waals surface area contributed by atoms with Gasteiger partial charge in [0, 0.05) is 18.9 Å². The Bertz CT molecular complexity index is 209. The van der Waals surface area contributed by atoms with Crippen LogP contribution in [0.4, 0.5) is 8.78 Å². The Morgan fingerprint density at radius 1 is 1.57 bits per heavy atom. The molecule has 3 nitrogen and oxygen atoms in total. The minimum Gasteiger partial charge on any atom is -0.469 e. The lowest BCUT2D eigenvalue weighted by Crippen LogP contribution is -2.30. The summed E-state index contributed by atoms with van der Waals surface area (Å²) in [6, 6.07) is 0. The van der Waals surface area contributed by atoms with Gasteiger partial charge in [-0.15, -0.1) is 0 Å². The molecule has 1 saturated heterocycles. The SMILES string of the molecule is COC(=O)CC1CCNCCC1(F)F. The summed E-state index contributed by atoms with van der Waals surface area (Å²) < 4.78 is 31.1. The molecule has 1 rings (SSSR count). The number of hydrogen-bond acceptors (Lipinski definition) is 3. The molecule has 1 fully saturated rings. The minimum absolute atomic E-state index is 0.189. The molecule has 0 spiro atoms. The molecule has 5 heteroatoms. The van der Waals surface area contributed by atoms with Gasteiger partial charge in [0.15, 0.2) is 0 Å². The van der Waals surface area contributed by atoms with Crippen LogP contribution in [0.15, 0.2) is 0 Å². The van der Waals surface area contributed by atoms with Gasteiger partial charge >= 0.3 is 5.97 Å². The van der Waals surface area contributed by atoms with E-state index in [1.165, 1.54) is 7.11 Å². The second-order valence-corrected chi connectivity index (χ2v) is 3.53. The zero-order valence-corrected chi connectivity index (χ0v) is 8.19. The van der Waals surface area contributed by atoms with E-state index in [1.807, 2.05) is 0 Å². The van der Waals surface area contributed by atoms with Crippen LogP contribution in [0, 0.1) is 5.92 Å². The highest BCUT2D eigenvalue weighted by molar-refractivity contribution is 5.69. The molecule has 0 amide bonds. The van der Waals surface area contributed by atoms with Crippen molar-refractivity contribution in [2.75, 3.05) is 20.2 Å². The Morgan fingerprint density at radius 3 is 2.93 bits per heavy atom. The van der Waals surface area contributed by atoms with Gasteiger partial charge in [0.05, 0.1) is 13.5 Å². The molecule has 1 unspecified atom stereocenters. The standard InChI is InChI=1S/C9H15F2NO2/c1-14-8(13)6-7-2-4-12-5-3-9(7,10)11/h7,12H,2-6H2,1H3. The number of nitrogens with one attached hydrogen (secondary N) is 1. The Morgan fingerprint density at radius 2 is 2.29 bits per heavy atom. The van der Waals surface area contributed by atoms with Gasteiger partial charge in [0.1, 0.15) is 0 Å². The average Bonchev–Trinajstić information content (AvgIpc) is 2.29. The van der Waals surface area contributed by atoms with Gasteiger partial charge in [-0.1, -0.05) is 0 Å². The van der Waals surface area contributed by atoms with Crippen molar-refractivity contribution in [3.8, 4) is 0 Å². The van der Waals surface area contributed by atoms with Crippen molar-refractivity contribution in [1.29, 1.82) is 0 Å². The number of hydrogen-bond donors (Lipinski definition) is 1. The maximum Gasteiger partial charge on any atom is 0.306 e. The maximum absolute atomic E-state index is 13.4. The summed E-state index contributed by atoms with van der Waals surface area (Å²) >= 11 is 0. The molecule has 0 bridgehead atoms. The highest BCUT2D eigenvalue weighted by Crippen LogP contribution is 2.34. The van der Waals surface area contributed by atoms with E-state index in [4.69, 9.17) is 0 Å². The van der Waals surface area contributed by atoms with E-state index in [2.05, 4.69) is 10.1 Å². The molecular formula is C9H15F2NO2. The lowest BCUT2D eigenvalue weighted by Gasteiger charge is -2.22. The van der Waals surface area contributed by atoms with Crippen LogP contribution in [0.5, 0.6) is 0 Å². The van der Waals surface area contributed by atoms with E-state index >= 15 is 0 Å². The third-order valence-electron chi connectivity index (χ3n) is 2.54. The minimum atomic E-state index is -2.75. The molecule has 14 heavy (non-hydrogen) atoms. The van der Waals surface area contributed by atoms with E-state index in [-0.39, 0.29) is 12.8 Å². The van der Waals surface area contributed by atoms with Gasteiger partial charge in [0.25, 0.3) is 5.92 Å². The summed E-state index contributed by atoms with van der Waals surface area (Å²) in [6.45, 7) is 0.849. The summed E-state index contributed by atoms with van der Waals surface area (Å²) in [6.07, 6.45) is -0.0675. The third-order valence-corrected chi connectivity index (χ3v) is 2.54. The molecule has 1 heterocycles. The van der Waals surface area contributed by atoms with Crippen LogP contribution in [0.1, 0.15) is 19.3 Å². The molecule has 0 radical (unpaired) electrons. The lowest BCUT2D eigenvalue weighted by molar-refractivity contribution is -0.146. The first-order valence-corrected chi connectivity index (χ1v) is 4.71. The highest BCUT2D eigenvalue weighted by Gasteiger charge is 2.41. The van der Waals surface area contributed by atoms with Crippen LogP contribution >= 0.6 is 0 Å². The van der Waals surface area contributed by atoms with Crippen LogP contribution in [-0.2, 0) is 9.53 Å². The summed E-state index contributed by atoms with van der Waals surface area (Å²) in [5, 5.41) is 2.89. The van der Waals surface area contributed by atoms with Gasteiger partial charge in [-0.3, -0.25) is 4.79 Å². The monoisotopic (exact) mass is 207 g/mol. The molecule has 1 N–H and O–H groups in total. The number of ether oxygens (including phenoxy) is 1. The van der Waals surface area contributed by atoms with E-state index < -0.39 is 17.8 Å². The Balaban J connectivity index is 2.57. The summed E-state index contributed by atoms with van der Waals surface area (Å²) in [7, 11) is 1.22. The predicted molar refractivity (Wildman–Crippen MR) is 47.2 cm³/mol. The van der Waals surface area contributed by atoms with Gasteiger partial charge in [0.2, 0.25) is 0 Å². The Hall–Kier alpha value is -0.710. The molecule has 0 aromatic rings. The molecule has 0 saturated carbocycles. The number of methoxy groups -OCH3 is 1. The summed E-state index contributed by atoms with van der Waals surface area (Å²) in [5.74, 6) is -4.20. The number of carbonyl (C=O) groups excluding carboxylic acids is 1. The van der Waals surface area contributed by atoms with Crippen molar-refractivity contribution < 1.29 is 18.3 Å². The molecule has 0 aliphatic carbocycles. The molecule has 0 aromatic carbocycles. The van der Waals surface area contributed by atoms with E-state index in [0.717, 1.165) is 0 Å². The molecule has 1 aliphatic rings. The number of esters is 1. The topological polar surface area (TPSA) is 38.3 Å². The summed E-state index contributed by atoms with van der Waals surface area (Å²) in [4.78, 5) is 10.9. The van der Waals surface area contributed by atoms with Crippen molar-refractivity contribution in [3.05, 3.63) is 0 Å². The fraction of sp³-hybridized carbons (Fsp3) is 0.889. The van der Waals surface area contributed by atoms with Crippen molar-refractivity contribution >= 4 is 5.97 Å². The first kappa shape index (κ1) is 11.4. The van der Waals surface area contributed by atoms with E-state index in [1.54, 1.807) is 0 Å². The first-order chi connectivity index (χ1) is 6.56. The lowest BCUT2D eigenvalue weighted by atomic mass is 9.93. The normalized spacial score (nSPS) is 26.6.